The molecule has 0 aliphatic carbocycles. The van der Waals surface area contributed by atoms with Crippen LogP contribution in [0.5, 0.6) is 0 Å². The molecule has 0 spiro atoms. The summed E-state index contributed by atoms with van der Waals surface area (Å²) in [5, 5.41) is 10.0. The number of nitrogens with zero attached hydrogens (tertiary/aromatic N) is 12. The number of fused-ring (bicyclic) bond motifs is 10. The third kappa shape index (κ3) is 12.8. The average molecular weight is 1450 g/mol. The number of para-hydroxylation sites is 5. The highest BCUT2D eigenvalue weighted by atomic mass is 35.5. The van der Waals surface area contributed by atoms with Crippen LogP contribution < -0.4 is 0 Å². The van der Waals surface area contributed by atoms with Gasteiger partial charge in [0.1, 0.15) is 0 Å². The van der Waals surface area contributed by atoms with E-state index in [0.29, 0.717) is 34.9 Å². The maximum absolute atomic E-state index is 6.49. The molecule has 514 valence electrons. The van der Waals surface area contributed by atoms with Crippen molar-refractivity contribution in [3.63, 3.8) is 0 Å². The van der Waals surface area contributed by atoms with Gasteiger partial charge in [-0.05, 0) is 144 Å². The summed E-state index contributed by atoms with van der Waals surface area (Å²) < 4.78 is 6.89. The molecule has 0 amide bonds. The molecule has 108 heavy (non-hydrogen) atoms. The Bertz CT molecular complexity index is 6800. The first kappa shape index (κ1) is 66.6. The molecule has 6 heterocycles. The van der Waals surface area contributed by atoms with Crippen LogP contribution in [0.2, 0.25) is 15.9 Å². The van der Waals surface area contributed by atoms with E-state index in [4.69, 9.17) is 49.8 Å². The van der Waals surface area contributed by atoms with Crippen LogP contribution in [0.4, 0.5) is 0 Å². The molecule has 0 saturated heterocycles. The molecule has 0 bridgehead atoms. The van der Waals surface area contributed by atoms with Crippen LogP contribution in [-0.2, 0) is 0 Å². The fraction of sp³-hybridized carbons (Fsp3) is 0.0215. The molecule has 0 N–H and O–H groups in total. The highest BCUT2D eigenvalue weighted by Crippen LogP contribution is 2.41. The molecule has 0 fully saturated rings. The Balaban J connectivity index is 0.000000115. The van der Waals surface area contributed by atoms with Crippen molar-refractivity contribution >= 4 is 111 Å². The second kappa shape index (κ2) is 28.6. The second-order valence-corrected chi connectivity index (χ2v) is 27.3. The fourth-order valence-corrected chi connectivity index (χ4v) is 15.2. The van der Waals surface area contributed by atoms with Gasteiger partial charge in [-0.15, -0.1) is 0 Å². The molecule has 20 rings (SSSR count). The van der Waals surface area contributed by atoms with Gasteiger partial charge in [-0.2, -0.15) is 29.9 Å². The molecule has 14 aromatic carbocycles. The maximum Gasteiger partial charge on any atom is 0.226 e. The van der Waals surface area contributed by atoms with Crippen molar-refractivity contribution in [3.8, 4) is 96.5 Å². The summed E-state index contributed by atoms with van der Waals surface area (Å²) in [6, 6.07) is 115. The summed E-state index contributed by atoms with van der Waals surface area (Å²) in [4.78, 5) is 41.3. The molecular weight excluding hydrogens is 1390 g/mol. The summed E-state index contributed by atoms with van der Waals surface area (Å²) in [6.45, 7) is 4.14. The minimum Gasteiger partial charge on any atom is -0.309 e. The van der Waals surface area contributed by atoms with E-state index in [1.54, 1.807) is 0 Å². The summed E-state index contributed by atoms with van der Waals surface area (Å²) in [5.74, 6) is 3.31. The van der Waals surface area contributed by atoms with E-state index in [-0.39, 0.29) is 15.9 Å². The van der Waals surface area contributed by atoms with Crippen LogP contribution in [0.15, 0.2) is 334 Å². The van der Waals surface area contributed by atoms with Gasteiger partial charge in [0.05, 0.1) is 38.8 Å². The molecule has 0 aliphatic rings. The van der Waals surface area contributed by atoms with Gasteiger partial charge in [-0.25, -0.2) is 15.0 Å². The van der Waals surface area contributed by atoms with Crippen molar-refractivity contribution in [3.05, 3.63) is 361 Å². The molecule has 0 aliphatic heterocycles. The first-order valence-electron chi connectivity index (χ1n) is 35.3. The number of aromatic nitrogens is 12. The van der Waals surface area contributed by atoms with Crippen molar-refractivity contribution in [2.75, 3.05) is 0 Å². The van der Waals surface area contributed by atoms with Crippen LogP contribution in [0.1, 0.15) is 11.1 Å². The highest BCUT2D eigenvalue weighted by Gasteiger charge is 2.22. The topological polar surface area (TPSA) is 131 Å². The molecule has 15 heteroatoms. The molecule has 0 unspecified atom stereocenters. The Morgan fingerprint density at radius 1 is 0.213 bits per heavy atom. The van der Waals surface area contributed by atoms with Crippen molar-refractivity contribution in [2.45, 2.75) is 13.8 Å². The van der Waals surface area contributed by atoms with Gasteiger partial charge >= 0.3 is 0 Å². The molecule has 0 atom stereocenters. The molecule has 0 saturated carbocycles. The summed E-state index contributed by atoms with van der Waals surface area (Å²) in [7, 11) is 0. The first-order chi connectivity index (χ1) is 53.1. The highest BCUT2D eigenvalue weighted by molar-refractivity contribution is 6.29. The molecular formula is C93H61Cl3N12. The summed E-state index contributed by atoms with van der Waals surface area (Å²) in [6.07, 6.45) is 0. The van der Waals surface area contributed by atoms with Gasteiger partial charge in [0, 0.05) is 82.5 Å². The van der Waals surface area contributed by atoms with E-state index in [1.807, 2.05) is 84.9 Å². The van der Waals surface area contributed by atoms with Gasteiger partial charge in [0.15, 0.2) is 34.9 Å². The van der Waals surface area contributed by atoms with Crippen LogP contribution in [-0.4, -0.2) is 58.6 Å². The van der Waals surface area contributed by atoms with Gasteiger partial charge in [0.25, 0.3) is 0 Å². The van der Waals surface area contributed by atoms with Crippen LogP contribution >= 0.6 is 34.8 Å². The van der Waals surface area contributed by atoms with Gasteiger partial charge in [-0.1, -0.05) is 266 Å². The molecule has 6 aromatic heterocycles. The largest absolute Gasteiger partial charge is 0.309 e. The van der Waals surface area contributed by atoms with Crippen molar-refractivity contribution < 1.29 is 0 Å². The fourth-order valence-electron chi connectivity index (χ4n) is 14.8. The zero-order chi connectivity index (χ0) is 72.8. The smallest absolute Gasteiger partial charge is 0.226 e. The van der Waals surface area contributed by atoms with Gasteiger partial charge in [-0.3, -0.25) is 0 Å². The first-order valence-corrected chi connectivity index (χ1v) is 36.5. The van der Waals surface area contributed by atoms with E-state index in [0.717, 1.165) is 106 Å². The number of hydrogen-bond donors (Lipinski definition) is 0. The third-order valence-electron chi connectivity index (χ3n) is 19.4. The van der Waals surface area contributed by atoms with E-state index in [2.05, 4.69) is 306 Å². The standard InChI is InChI=1S/C33H23ClN4.C33H21ClN4.C27H17ClN4/c1-20-16-21(2)18-24(17-20)32-35-31(36-33(34)37-32)23-14-15-27-26-11-5-6-12-29(26)38(30(27)19-23)28-13-7-9-22-8-3-4-10-25(22)28;34-33-36-31(35-32(37-33)28-17-8-7-15-25(28)22-11-3-1-4-12-22)23-19-20-27-26-16-9-10-18-29(26)38(30(27)21-23)24-13-5-2-6-14-24;28-27-30-25(18-9-3-1-4-10-18)29-26(31-27)19-15-16-22-21-13-7-8-14-23(21)32(24(22)17-19)20-11-5-2-6-12-20/h3-19H,1-2H3;1-21H;1-17H. The lowest BCUT2D eigenvalue weighted by molar-refractivity contribution is 1.06. The number of hydrogen-bond acceptors (Lipinski definition) is 9. The lowest BCUT2D eigenvalue weighted by Gasteiger charge is -2.12. The van der Waals surface area contributed by atoms with E-state index in [1.165, 1.54) is 43.1 Å². The van der Waals surface area contributed by atoms with Crippen LogP contribution in [0.25, 0.3) is 173 Å². The second-order valence-electron chi connectivity index (χ2n) is 26.3. The number of halogens is 3. The quantitative estimate of drug-likeness (QED) is 0.131. The Labute approximate surface area is 636 Å². The Hall–Kier alpha value is -13.4. The minimum absolute atomic E-state index is 0.163. The van der Waals surface area contributed by atoms with Crippen LogP contribution in [0, 0.1) is 13.8 Å². The average Bonchev–Trinajstić information content (AvgIpc) is 1.59. The molecule has 20 aromatic rings. The predicted molar refractivity (Wildman–Crippen MR) is 443 cm³/mol. The minimum atomic E-state index is 0.163. The maximum atomic E-state index is 6.49. The lowest BCUT2D eigenvalue weighted by Crippen LogP contribution is -1.99. The third-order valence-corrected chi connectivity index (χ3v) is 19.9. The zero-order valence-corrected chi connectivity index (χ0v) is 60.5. The Morgan fingerprint density at radius 2 is 0.546 bits per heavy atom. The normalized spacial score (nSPS) is 11.4. The number of rotatable bonds is 10. The lowest BCUT2D eigenvalue weighted by atomic mass is 9.99. The zero-order valence-electron chi connectivity index (χ0n) is 58.3. The van der Waals surface area contributed by atoms with E-state index in [9.17, 15) is 0 Å². The van der Waals surface area contributed by atoms with Crippen molar-refractivity contribution in [1.82, 2.24) is 58.6 Å². The Morgan fingerprint density at radius 3 is 1.03 bits per heavy atom. The molecule has 0 radical (unpaired) electrons. The summed E-state index contributed by atoms with van der Waals surface area (Å²) in [5.41, 5.74) is 19.9. The van der Waals surface area contributed by atoms with Gasteiger partial charge in [0.2, 0.25) is 15.9 Å². The van der Waals surface area contributed by atoms with Crippen molar-refractivity contribution in [1.29, 1.82) is 0 Å². The number of benzene rings is 14. The number of aryl methyl sites for hydroxylation is 2. The predicted octanol–water partition coefficient (Wildman–Crippen LogP) is 24.3. The molecule has 12 nitrogen and oxygen atoms in total. The monoisotopic (exact) mass is 1450 g/mol. The SMILES string of the molecule is Cc1cc(C)cc(-c2nc(Cl)nc(-c3ccc4c5ccccc5n(-c5cccc6ccccc56)c4c3)n2)c1.Clc1nc(-c2ccc3c4ccccc4n(-c4ccccc4)c3c2)nc(-c2ccccc2-c2ccccc2)n1.Clc1nc(-c2ccccc2)nc(-c2ccc3c4ccccc4n(-c4ccccc4)c3c2)n1. The summed E-state index contributed by atoms with van der Waals surface area (Å²) >= 11 is 19.2. The van der Waals surface area contributed by atoms with Crippen molar-refractivity contribution in [2.24, 2.45) is 0 Å². The van der Waals surface area contributed by atoms with Gasteiger partial charge < -0.3 is 13.7 Å². The van der Waals surface area contributed by atoms with E-state index >= 15 is 0 Å². The van der Waals surface area contributed by atoms with E-state index < -0.39 is 0 Å². The van der Waals surface area contributed by atoms with Crippen LogP contribution in [0.3, 0.4) is 0 Å². The Kier molecular flexibility index (Phi) is 17.6.